The van der Waals surface area contributed by atoms with Gasteiger partial charge in [-0.05, 0) is 19.5 Å². The number of rotatable bonds is 5. The summed E-state index contributed by atoms with van der Waals surface area (Å²) in [5.41, 5.74) is 1.33. The van der Waals surface area contributed by atoms with Crippen molar-refractivity contribution >= 4 is 0 Å². The fourth-order valence-corrected chi connectivity index (χ4v) is 1.24. The summed E-state index contributed by atoms with van der Waals surface area (Å²) in [5.74, 6) is 0. The first kappa shape index (κ1) is 9.26. The minimum atomic E-state index is 1.02. The molecule has 0 aliphatic heterocycles. The molecule has 1 N–H and O–H groups in total. The zero-order valence-electron chi connectivity index (χ0n) is 7.88. The molecular formula is C9H17N3. The maximum atomic E-state index is 4.25. The molecule has 0 aliphatic carbocycles. The zero-order chi connectivity index (χ0) is 8.81. The largest absolute Gasteiger partial charge is 0.319 e. The number of hydrogen-bond donors (Lipinski definition) is 1. The molecule has 0 aliphatic rings. The number of aromatic nitrogens is 2. The molecule has 1 heterocycles. The molecule has 0 saturated heterocycles. The lowest BCUT2D eigenvalue weighted by atomic mass is 10.3. The predicted molar refractivity (Wildman–Crippen MR) is 50.1 cm³/mol. The molecule has 3 nitrogen and oxygen atoms in total. The third-order valence-corrected chi connectivity index (χ3v) is 1.87. The molecule has 0 bridgehead atoms. The maximum Gasteiger partial charge on any atom is 0.0492 e. The van der Waals surface area contributed by atoms with E-state index in [9.17, 15) is 0 Å². The summed E-state index contributed by atoms with van der Waals surface area (Å²) >= 11 is 0. The van der Waals surface area contributed by atoms with Gasteiger partial charge in [0.2, 0.25) is 0 Å². The highest BCUT2D eigenvalue weighted by molar-refractivity contribution is 5.00. The van der Waals surface area contributed by atoms with Gasteiger partial charge in [0.25, 0.3) is 0 Å². The standard InChI is InChI=1S/C9H17N3/c1-3-8-12-9(4-6-10-2)5-7-11-12/h5,7,10H,3-4,6,8H2,1-2H3. The van der Waals surface area contributed by atoms with Gasteiger partial charge in [0.05, 0.1) is 0 Å². The average Bonchev–Trinajstić information content (AvgIpc) is 2.50. The summed E-state index contributed by atoms with van der Waals surface area (Å²) in [5, 5.41) is 7.38. The second-order valence-corrected chi connectivity index (χ2v) is 2.90. The van der Waals surface area contributed by atoms with Crippen LogP contribution in [0, 0.1) is 0 Å². The van der Waals surface area contributed by atoms with E-state index >= 15 is 0 Å². The van der Waals surface area contributed by atoms with Crippen molar-refractivity contribution in [1.82, 2.24) is 15.1 Å². The van der Waals surface area contributed by atoms with Crippen LogP contribution in [0.25, 0.3) is 0 Å². The number of nitrogens with zero attached hydrogens (tertiary/aromatic N) is 2. The Bertz CT molecular complexity index is 217. The fraction of sp³-hybridized carbons (Fsp3) is 0.667. The molecule has 0 radical (unpaired) electrons. The molecule has 0 unspecified atom stereocenters. The van der Waals surface area contributed by atoms with Gasteiger partial charge < -0.3 is 5.32 Å². The Kier molecular flexibility index (Phi) is 3.80. The summed E-state index contributed by atoms with van der Waals surface area (Å²) < 4.78 is 2.08. The zero-order valence-corrected chi connectivity index (χ0v) is 7.88. The highest BCUT2D eigenvalue weighted by Crippen LogP contribution is 2.00. The Labute approximate surface area is 73.8 Å². The minimum absolute atomic E-state index is 1.02. The second-order valence-electron chi connectivity index (χ2n) is 2.90. The molecule has 0 atom stereocenters. The normalized spacial score (nSPS) is 10.5. The minimum Gasteiger partial charge on any atom is -0.319 e. The van der Waals surface area contributed by atoms with E-state index in [2.05, 4.69) is 28.1 Å². The van der Waals surface area contributed by atoms with Crippen LogP contribution in [0.2, 0.25) is 0 Å². The van der Waals surface area contributed by atoms with Gasteiger partial charge in [-0.3, -0.25) is 4.68 Å². The van der Waals surface area contributed by atoms with E-state index in [0.717, 1.165) is 25.9 Å². The van der Waals surface area contributed by atoms with Crippen molar-refractivity contribution in [2.45, 2.75) is 26.3 Å². The van der Waals surface area contributed by atoms with Crippen LogP contribution < -0.4 is 5.32 Å². The lowest BCUT2D eigenvalue weighted by Gasteiger charge is -2.04. The summed E-state index contributed by atoms with van der Waals surface area (Å²) in [4.78, 5) is 0. The van der Waals surface area contributed by atoms with Crippen LogP contribution in [0.15, 0.2) is 12.3 Å². The smallest absolute Gasteiger partial charge is 0.0492 e. The van der Waals surface area contributed by atoms with Gasteiger partial charge >= 0.3 is 0 Å². The SMILES string of the molecule is CCCn1nccc1CCNC. The molecular weight excluding hydrogens is 150 g/mol. The van der Waals surface area contributed by atoms with Gasteiger partial charge in [-0.15, -0.1) is 0 Å². The van der Waals surface area contributed by atoms with Gasteiger partial charge in [0, 0.05) is 31.4 Å². The van der Waals surface area contributed by atoms with Crippen molar-refractivity contribution in [3.63, 3.8) is 0 Å². The lowest BCUT2D eigenvalue weighted by Crippen LogP contribution is -2.13. The van der Waals surface area contributed by atoms with Gasteiger partial charge in [-0.1, -0.05) is 6.92 Å². The first-order valence-corrected chi connectivity index (χ1v) is 4.53. The summed E-state index contributed by atoms with van der Waals surface area (Å²) in [6.07, 6.45) is 4.09. The third-order valence-electron chi connectivity index (χ3n) is 1.87. The van der Waals surface area contributed by atoms with Gasteiger partial charge in [0.1, 0.15) is 0 Å². The van der Waals surface area contributed by atoms with Crippen LogP contribution in [-0.2, 0) is 13.0 Å². The summed E-state index contributed by atoms with van der Waals surface area (Å²) in [7, 11) is 1.97. The van der Waals surface area contributed by atoms with Crippen molar-refractivity contribution in [3.8, 4) is 0 Å². The lowest BCUT2D eigenvalue weighted by molar-refractivity contribution is 0.568. The van der Waals surface area contributed by atoms with Crippen LogP contribution >= 0.6 is 0 Å². The molecule has 0 aromatic carbocycles. The molecule has 1 rings (SSSR count). The van der Waals surface area contributed by atoms with Crippen molar-refractivity contribution in [3.05, 3.63) is 18.0 Å². The van der Waals surface area contributed by atoms with E-state index in [0.29, 0.717) is 0 Å². The molecule has 1 aromatic heterocycles. The van der Waals surface area contributed by atoms with Crippen LogP contribution in [0.3, 0.4) is 0 Å². The molecule has 0 amide bonds. The van der Waals surface area contributed by atoms with E-state index in [1.54, 1.807) is 0 Å². The number of aryl methyl sites for hydroxylation is 1. The van der Waals surface area contributed by atoms with Crippen LogP contribution in [-0.4, -0.2) is 23.4 Å². The Hall–Kier alpha value is -0.830. The highest BCUT2D eigenvalue weighted by atomic mass is 15.3. The first-order valence-electron chi connectivity index (χ1n) is 4.53. The molecule has 68 valence electrons. The third kappa shape index (κ3) is 2.34. The molecule has 3 heteroatoms. The van der Waals surface area contributed by atoms with Crippen LogP contribution in [0.5, 0.6) is 0 Å². The molecule has 1 aromatic rings. The summed E-state index contributed by atoms with van der Waals surface area (Å²) in [6, 6.07) is 2.09. The number of hydrogen-bond acceptors (Lipinski definition) is 2. The summed E-state index contributed by atoms with van der Waals surface area (Å²) in [6.45, 7) is 4.23. The van der Waals surface area contributed by atoms with Crippen molar-refractivity contribution in [2.75, 3.05) is 13.6 Å². The number of likely N-dealkylation sites (N-methyl/N-ethyl adjacent to an activating group) is 1. The van der Waals surface area contributed by atoms with Crippen molar-refractivity contribution < 1.29 is 0 Å². The van der Waals surface area contributed by atoms with Gasteiger partial charge in [0.15, 0.2) is 0 Å². The first-order chi connectivity index (χ1) is 5.88. The maximum absolute atomic E-state index is 4.25. The van der Waals surface area contributed by atoms with Crippen LogP contribution in [0.1, 0.15) is 19.0 Å². The van der Waals surface area contributed by atoms with E-state index in [-0.39, 0.29) is 0 Å². The monoisotopic (exact) mass is 167 g/mol. The Morgan fingerprint density at radius 2 is 2.42 bits per heavy atom. The molecule has 0 spiro atoms. The molecule has 0 fully saturated rings. The molecule has 0 saturated carbocycles. The van der Waals surface area contributed by atoms with E-state index < -0.39 is 0 Å². The van der Waals surface area contributed by atoms with E-state index in [1.165, 1.54) is 5.69 Å². The van der Waals surface area contributed by atoms with Gasteiger partial charge in [-0.25, -0.2) is 0 Å². The Balaban J connectivity index is 2.51. The number of nitrogens with one attached hydrogen (secondary N) is 1. The van der Waals surface area contributed by atoms with Crippen molar-refractivity contribution in [2.24, 2.45) is 0 Å². The predicted octanol–water partition coefficient (Wildman–Crippen LogP) is 1.05. The quantitative estimate of drug-likeness (QED) is 0.710. The second kappa shape index (κ2) is 4.93. The highest BCUT2D eigenvalue weighted by Gasteiger charge is 1.99. The van der Waals surface area contributed by atoms with Crippen molar-refractivity contribution in [1.29, 1.82) is 0 Å². The average molecular weight is 167 g/mol. The van der Waals surface area contributed by atoms with E-state index in [4.69, 9.17) is 0 Å². The fourth-order valence-electron chi connectivity index (χ4n) is 1.24. The van der Waals surface area contributed by atoms with E-state index in [1.807, 2.05) is 13.2 Å². The topological polar surface area (TPSA) is 29.9 Å². The Morgan fingerprint density at radius 3 is 3.08 bits per heavy atom. The molecule has 12 heavy (non-hydrogen) atoms. The van der Waals surface area contributed by atoms with Gasteiger partial charge in [-0.2, -0.15) is 5.10 Å². The Morgan fingerprint density at radius 1 is 1.58 bits per heavy atom. The van der Waals surface area contributed by atoms with Crippen LogP contribution in [0.4, 0.5) is 0 Å².